The highest BCUT2D eigenvalue weighted by Crippen LogP contribution is 2.41. The fourth-order valence-corrected chi connectivity index (χ4v) is 8.14. The molecule has 0 N–H and O–H groups in total. The van der Waals surface area contributed by atoms with Crippen molar-refractivity contribution in [2.45, 2.75) is 0 Å². The van der Waals surface area contributed by atoms with Gasteiger partial charge in [0.25, 0.3) is 0 Å². The second kappa shape index (κ2) is 11.2. The van der Waals surface area contributed by atoms with E-state index in [1.807, 2.05) is 24.3 Å². The third-order valence-electron chi connectivity index (χ3n) is 10.5. The average molecular weight is 663 g/mol. The molecule has 0 aliphatic rings. The molecule has 0 spiro atoms. The van der Waals surface area contributed by atoms with Crippen LogP contribution in [-0.4, -0.2) is 19.1 Å². The van der Waals surface area contributed by atoms with Gasteiger partial charge in [-0.1, -0.05) is 127 Å². The molecule has 242 valence electrons. The van der Waals surface area contributed by atoms with E-state index in [4.69, 9.17) is 9.97 Å². The highest BCUT2D eigenvalue weighted by Gasteiger charge is 2.21. The van der Waals surface area contributed by atoms with E-state index in [2.05, 4.69) is 167 Å². The molecule has 11 rings (SSSR count). The van der Waals surface area contributed by atoms with Gasteiger partial charge in [0, 0.05) is 32.8 Å². The van der Waals surface area contributed by atoms with Gasteiger partial charge >= 0.3 is 0 Å². The maximum atomic E-state index is 5.38. The van der Waals surface area contributed by atoms with Crippen LogP contribution in [0.25, 0.3) is 99.3 Å². The van der Waals surface area contributed by atoms with Crippen molar-refractivity contribution in [1.82, 2.24) is 19.1 Å². The topological polar surface area (TPSA) is 35.6 Å². The van der Waals surface area contributed by atoms with Crippen molar-refractivity contribution in [1.29, 1.82) is 0 Å². The van der Waals surface area contributed by atoms with Gasteiger partial charge in [0.05, 0.1) is 33.1 Å². The molecule has 0 aliphatic heterocycles. The Kier molecular flexibility index (Phi) is 6.22. The normalized spacial score (nSPS) is 11.8. The minimum Gasteiger partial charge on any atom is -0.309 e. The van der Waals surface area contributed by atoms with Crippen molar-refractivity contribution >= 4 is 65.4 Å². The summed E-state index contributed by atoms with van der Waals surface area (Å²) in [6.45, 7) is 0. The summed E-state index contributed by atoms with van der Waals surface area (Å²) in [6, 6.07) is 64.8. The lowest BCUT2D eigenvalue weighted by Gasteiger charge is -2.14. The molecule has 4 nitrogen and oxygen atoms in total. The van der Waals surface area contributed by atoms with E-state index in [-0.39, 0.29) is 0 Å². The summed E-state index contributed by atoms with van der Waals surface area (Å²) in [5.41, 5.74) is 11.7. The zero-order valence-electron chi connectivity index (χ0n) is 28.1. The summed E-state index contributed by atoms with van der Waals surface area (Å²) < 4.78 is 4.70. The molecule has 0 bridgehead atoms. The van der Waals surface area contributed by atoms with Crippen molar-refractivity contribution in [3.63, 3.8) is 0 Å². The number of para-hydroxylation sites is 4. The molecule has 52 heavy (non-hydrogen) atoms. The first-order valence-corrected chi connectivity index (χ1v) is 17.7. The lowest BCUT2D eigenvalue weighted by Crippen LogP contribution is -2.03. The summed E-state index contributed by atoms with van der Waals surface area (Å²) in [4.78, 5) is 10.6. The molecule has 3 aromatic heterocycles. The molecule has 4 heteroatoms. The van der Waals surface area contributed by atoms with Crippen molar-refractivity contribution in [3.8, 4) is 33.9 Å². The van der Waals surface area contributed by atoms with Gasteiger partial charge in [0.15, 0.2) is 5.82 Å². The van der Waals surface area contributed by atoms with E-state index in [0.717, 1.165) is 50.4 Å². The Balaban J connectivity index is 1.22. The van der Waals surface area contributed by atoms with Crippen LogP contribution in [0.1, 0.15) is 0 Å². The fraction of sp³-hybridized carbons (Fsp3) is 0. The lowest BCUT2D eigenvalue weighted by molar-refractivity contribution is 1.08. The number of hydrogen-bond acceptors (Lipinski definition) is 2. The second-order valence-corrected chi connectivity index (χ2v) is 13.4. The average Bonchev–Trinajstić information content (AvgIpc) is 3.73. The predicted molar refractivity (Wildman–Crippen MR) is 217 cm³/mol. The quantitative estimate of drug-likeness (QED) is 0.188. The maximum Gasteiger partial charge on any atom is 0.165 e. The molecule has 0 radical (unpaired) electrons. The van der Waals surface area contributed by atoms with Crippen LogP contribution in [0.5, 0.6) is 0 Å². The largest absolute Gasteiger partial charge is 0.309 e. The van der Waals surface area contributed by atoms with Crippen LogP contribution in [0.3, 0.4) is 0 Å². The van der Waals surface area contributed by atoms with Gasteiger partial charge < -0.3 is 4.57 Å². The van der Waals surface area contributed by atoms with Crippen LogP contribution < -0.4 is 0 Å². The van der Waals surface area contributed by atoms with Crippen LogP contribution in [0.2, 0.25) is 0 Å². The number of rotatable bonds is 4. The minimum absolute atomic E-state index is 0.818. The monoisotopic (exact) mass is 662 g/mol. The van der Waals surface area contributed by atoms with E-state index in [1.165, 1.54) is 48.9 Å². The molecule has 0 fully saturated rings. The summed E-state index contributed by atoms with van der Waals surface area (Å²) in [5, 5.41) is 7.31. The molecule has 0 saturated carbocycles. The highest BCUT2D eigenvalue weighted by atomic mass is 15.1. The van der Waals surface area contributed by atoms with E-state index < -0.39 is 0 Å². The molecule has 0 amide bonds. The van der Waals surface area contributed by atoms with Crippen LogP contribution in [0.4, 0.5) is 0 Å². The molecule has 11 aromatic rings. The molecule has 3 heterocycles. The van der Waals surface area contributed by atoms with Gasteiger partial charge in [0.1, 0.15) is 5.69 Å². The minimum atomic E-state index is 0.818. The third-order valence-corrected chi connectivity index (χ3v) is 10.5. The van der Waals surface area contributed by atoms with Crippen molar-refractivity contribution in [2.24, 2.45) is 0 Å². The predicted octanol–water partition coefficient (Wildman–Crippen LogP) is 12.3. The SMILES string of the molecule is c1ccc(-c2nc3ccccc3nc2-n2c3cc(-c4ccc5c(c4)c4ccccc4n5-c4ccccc4)ccc3c3c4ccccc4ccc32)cc1. The Hall–Kier alpha value is -7.04. The number of nitrogens with zero attached hydrogens (tertiary/aromatic N) is 4. The molecule has 0 saturated heterocycles. The first kappa shape index (κ1) is 28.8. The number of aromatic nitrogens is 4. The van der Waals surface area contributed by atoms with Gasteiger partial charge in [-0.2, -0.15) is 0 Å². The van der Waals surface area contributed by atoms with E-state index in [9.17, 15) is 0 Å². The number of benzene rings is 8. The first-order chi connectivity index (χ1) is 25.8. The Morgan fingerprint density at radius 2 is 0.981 bits per heavy atom. The van der Waals surface area contributed by atoms with Crippen molar-refractivity contribution in [2.75, 3.05) is 0 Å². The first-order valence-electron chi connectivity index (χ1n) is 17.7. The molecule has 0 aliphatic carbocycles. The summed E-state index contributed by atoms with van der Waals surface area (Å²) in [7, 11) is 0. The zero-order chi connectivity index (χ0) is 34.2. The van der Waals surface area contributed by atoms with E-state index in [1.54, 1.807) is 0 Å². The van der Waals surface area contributed by atoms with Gasteiger partial charge in [0.2, 0.25) is 0 Å². The zero-order valence-corrected chi connectivity index (χ0v) is 28.1. The van der Waals surface area contributed by atoms with E-state index >= 15 is 0 Å². The number of fused-ring (bicyclic) bond motifs is 9. The molecular weight excluding hydrogens is 633 g/mol. The van der Waals surface area contributed by atoms with Crippen LogP contribution in [-0.2, 0) is 0 Å². The lowest BCUT2D eigenvalue weighted by atomic mass is 9.99. The maximum absolute atomic E-state index is 5.38. The Morgan fingerprint density at radius 1 is 0.346 bits per heavy atom. The number of hydrogen-bond donors (Lipinski definition) is 0. The summed E-state index contributed by atoms with van der Waals surface area (Å²) in [5.74, 6) is 0.818. The smallest absolute Gasteiger partial charge is 0.165 e. The molecule has 0 atom stereocenters. The molecule has 8 aromatic carbocycles. The van der Waals surface area contributed by atoms with Crippen molar-refractivity contribution < 1.29 is 0 Å². The highest BCUT2D eigenvalue weighted by molar-refractivity contribution is 6.22. The summed E-state index contributed by atoms with van der Waals surface area (Å²) >= 11 is 0. The van der Waals surface area contributed by atoms with Crippen LogP contribution in [0, 0.1) is 0 Å². The molecule has 0 unspecified atom stereocenters. The second-order valence-electron chi connectivity index (χ2n) is 13.4. The van der Waals surface area contributed by atoms with Gasteiger partial charge in [-0.25, -0.2) is 9.97 Å². The standard InChI is InChI=1S/C48H30N4/c1-3-14-32(15-4-1)47-48(50-41-21-11-10-20-40(41)49-47)52-44-28-24-31-13-7-8-18-36(31)46(44)38-26-23-34(30-45(38)52)33-25-27-43-39(29-33)37-19-9-12-22-42(37)51(43)35-16-5-2-6-17-35/h1-30H. The van der Waals surface area contributed by atoms with Gasteiger partial charge in [-0.15, -0.1) is 0 Å². The van der Waals surface area contributed by atoms with E-state index in [0.29, 0.717) is 0 Å². The third kappa shape index (κ3) is 4.28. The molecular formula is C48H30N4. The fourth-order valence-electron chi connectivity index (χ4n) is 8.14. The van der Waals surface area contributed by atoms with Crippen LogP contribution >= 0.6 is 0 Å². The Labute approximate surface area is 299 Å². The van der Waals surface area contributed by atoms with Gasteiger partial charge in [-0.05, 0) is 76.5 Å². The Morgan fingerprint density at radius 3 is 1.83 bits per heavy atom. The van der Waals surface area contributed by atoms with Crippen molar-refractivity contribution in [3.05, 3.63) is 182 Å². The Bertz CT molecular complexity index is 3170. The van der Waals surface area contributed by atoms with Gasteiger partial charge in [-0.3, -0.25) is 4.57 Å². The van der Waals surface area contributed by atoms with Crippen LogP contribution in [0.15, 0.2) is 182 Å². The summed E-state index contributed by atoms with van der Waals surface area (Å²) in [6.07, 6.45) is 0.